The van der Waals surface area contributed by atoms with E-state index in [2.05, 4.69) is 5.32 Å². The number of hydrogen-bond acceptors (Lipinski definition) is 6. The third kappa shape index (κ3) is 5.33. The van der Waals surface area contributed by atoms with Gasteiger partial charge in [-0.2, -0.15) is 9.57 Å². The van der Waals surface area contributed by atoms with Crippen LogP contribution in [0.25, 0.3) is 0 Å². The number of carbonyl (C=O) groups is 2. The van der Waals surface area contributed by atoms with E-state index in [1.165, 1.54) is 23.5 Å². The second-order valence-electron chi connectivity index (χ2n) is 7.54. The van der Waals surface area contributed by atoms with Crippen molar-refractivity contribution in [2.45, 2.75) is 30.2 Å². The molecule has 1 atom stereocenters. The van der Waals surface area contributed by atoms with E-state index in [0.29, 0.717) is 12.8 Å². The number of ether oxygens (including phenoxy) is 1. The molecule has 2 aromatic carbocycles. The summed E-state index contributed by atoms with van der Waals surface area (Å²) >= 11 is 0. The fraction of sp³-hybridized carbons (Fsp3) is 0.348. The summed E-state index contributed by atoms with van der Waals surface area (Å²) in [5.74, 6) is -1.04. The standard InChI is InChI=1S/C23H25N3O5S/c1-31-22(27)15-20(17-7-3-2-4-8-17)25-23(28)18-11-13-26(14-12-18)32(29,30)21-10-6-5-9-19(21)16-24/h2-10,18,20H,11-15H2,1H3,(H,25,28). The summed E-state index contributed by atoms with van der Waals surface area (Å²) in [7, 11) is -2.52. The Morgan fingerprint density at radius 2 is 1.75 bits per heavy atom. The Kier molecular flexibility index (Phi) is 7.62. The molecule has 32 heavy (non-hydrogen) atoms. The molecular weight excluding hydrogens is 430 g/mol. The van der Waals surface area contributed by atoms with Crippen molar-refractivity contribution in [3.05, 3.63) is 65.7 Å². The summed E-state index contributed by atoms with van der Waals surface area (Å²) in [6.07, 6.45) is 0.698. The number of nitrogens with zero attached hydrogens (tertiary/aromatic N) is 2. The van der Waals surface area contributed by atoms with E-state index < -0.39 is 22.0 Å². The molecule has 1 aliphatic heterocycles. The van der Waals surface area contributed by atoms with Gasteiger partial charge in [-0.15, -0.1) is 0 Å². The Morgan fingerprint density at radius 1 is 1.12 bits per heavy atom. The van der Waals surface area contributed by atoms with Gasteiger partial charge in [0.1, 0.15) is 6.07 Å². The van der Waals surface area contributed by atoms with Gasteiger partial charge < -0.3 is 10.1 Å². The lowest BCUT2D eigenvalue weighted by Gasteiger charge is -2.31. The SMILES string of the molecule is COC(=O)CC(NC(=O)C1CCN(S(=O)(=O)c2ccccc2C#N)CC1)c1ccccc1. The fourth-order valence-electron chi connectivity index (χ4n) is 3.76. The lowest BCUT2D eigenvalue weighted by atomic mass is 9.95. The molecule has 168 valence electrons. The Balaban J connectivity index is 1.67. The zero-order valence-electron chi connectivity index (χ0n) is 17.7. The normalized spacial score (nSPS) is 16.0. The molecular formula is C23H25N3O5S. The predicted molar refractivity (Wildman–Crippen MR) is 117 cm³/mol. The summed E-state index contributed by atoms with van der Waals surface area (Å²) in [5, 5.41) is 12.2. The molecule has 2 aromatic rings. The van der Waals surface area contributed by atoms with E-state index in [1.807, 2.05) is 36.4 Å². The molecule has 0 saturated carbocycles. The van der Waals surface area contributed by atoms with Crippen molar-refractivity contribution in [1.29, 1.82) is 5.26 Å². The van der Waals surface area contributed by atoms with E-state index in [1.54, 1.807) is 12.1 Å². The number of nitriles is 1. The minimum Gasteiger partial charge on any atom is -0.469 e. The smallest absolute Gasteiger partial charge is 0.307 e. The first-order chi connectivity index (χ1) is 15.4. The van der Waals surface area contributed by atoms with Gasteiger partial charge in [0, 0.05) is 19.0 Å². The second-order valence-corrected chi connectivity index (χ2v) is 9.44. The van der Waals surface area contributed by atoms with E-state index in [4.69, 9.17) is 4.74 Å². The number of hydrogen-bond donors (Lipinski definition) is 1. The Labute approximate surface area is 187 Å². The molecule has 0 aliphatic carbocycles. The van der Waals surface area contributed by atoms with Crippen LogP contribution in [0.1, 0.15) is 36.4 Å². The van der Waals surface area contributed by atoms with E-state index in [9.17, 15) is 23.3 Å². The van der Waals surface area contributed by atoms with E-state index in [-0.39, 0.29) is 41.8 Å². The largest absolute Gasteiger partial charge is 0.469 e. The quantitative estimate of drug-likeness (QED) is 0.641. The van der Waals surface area contributed by atoms with Crippen LogP contribution in [0.3, 0.4) is 0 Å². The van der Waals surface area contributed by atoms with Crippen molar-refractivity contribution in [1.82, 2.24) is 9.62 Å². The summed E-state index contributed by atoms with van der Waals surface area (Å²) in [6.45, 7) is 0.348. The van der Waals surface area contributed by atoms with Gasteiger partial charge in [0.05, 0.1) is 30.0 Å². The van der Waals surface area contributed by atoms with Crippen molar-refractivity contribution in [3.63, 3.8) is 0 Å². The van der Waals surface area contributed by atoms with E-state index in [0.717, 1.165) is 5.56 Å². The lowest BCUT2D eigenvalue weighted by molar-refractivity contribution is -0.141. The monoisotopic (exact) mass is 455 g/mol. The van der Waals surface area contributed by atoms with Crippen LogP contribution < -0.4 is 5.32 Å². The molecule has 0 aromatic heterocycles. The van der Waals surface area contributed by atoms with Crippen molar-refractivity contribution < 1.29 is 22.7 Å². The van der Waals surface area contributed by atoms with Crippen LogP contribution >= 0.6 is 0 Å². The van der Waals surface area contributed by atoms with Gasteiger partial charge in [-0.3, -0.25) is 9.59 Å². The molecule has 1 fully saturated rings. The number of benzene rings is 2. The average molecular weight is 456 g/mol. The van der Waals surface area contributed by atoms with Crippen LogP contribution in [-0.2, 0) is 24.3 Å². The highest BCUT2D eigenvalue weighted by Crippen LogP contribution is 2.27. The zero-order valence-corrected chi connectivity index (χ0v) is 18.5. The summed E-state index contributed by atoms with van der Waals surface area (Å²) in [5.41, 5.74) is 0.889. The molecule has 1 amide bonds. The maximum Gasteiger partial charge on any atom is 0.307 e. The molecule has 3 rings (SSSR count). The van der Waals surface area contributed by atoms with Gasteiger partial charge in [0.15, 0.2) is 0 Å². The topological polar surface area (TPSA) is 117 Å². The van der Waals surface area contributed by atoms with Crippen LogP contribution in [0, 0.1) is 17.2 Å². The highest BCUT2D eigenvalue weighted by atomic mass is 32.2. The number of methoxy groups -OCH3 is 1. The lowest BCUT2D eigenvalue weighted by Crippen LogP contribution is -2.44. The first-order valence-corrected chi connectivity index (χ1v) is 11.7. The Bertz CT molecular complexity index is 1100. The first-order valence-electron chi connectivity index (χ1n) is 10.3. The van der Waals surface area contributed by atoms with Gasteiger partial charge in [-0.25, -0.2) is 8.42 Å². The molecule has 1 N–H and O–H groups in total. The molecule has 1 saturated heterocycles. The van der Waals surface area contributed by atoms with Crippen molar-refractivity contribution in [2.24, 2.45) is 5.92 Å². The number of piperidine rings is 1. The summed E-state index contributed by atoms with van der Waals surface area (Å²) < 4.78 is 32.0. The molecule has 0 spiro atoms. The first kappa shape index (κ1) is 23.4. The van der Waals surface area contributed by atoms with Crippen LogP contribution in [-0.4, -0.2) is 44.8 Å². The number of esters is 1. The highest BCUT2D eigenvalue weighted by molar-refractivity contribution is 7.89. The predicted octanol–water partition coefficient (Wildman–Crippen LogP) is 2.38. The average Bonchev–Trinajstić information content (AvgIpc) is 2.84. The van der Waals surface area contributed by atoms with Crippen molar-refractivity contribution in [3.8, 4) is 6.07 Å². The maximum atomic E-state index is 13.0. The highest BCUT2D eigenvalue weighted by Gasteiger charge is 2.34. The Hall–Kier alpha value is -3.22. The molecule has 8 nitrogen and oxygen atoms in total. The maximum absolute atomic E-state index is 13.0. The molecule has 9 heteroatoms. The van der Waals surface area contributed by atoms with Crippen LogP contribution in [0.2, 0.25) is 0 Å². The fourth-order valence-corrected chi connectivity index (χ4v) is 5.37. The number of sulfonamides is 1. The van der Waals surface area contributed by atoms with Gasteiger partial charge in [0.2, 0.25) is 15.9 Å². The Morgan fingerprint density at radius 3 is 2.38 bits per heavy atom. The van der Waals surface area contributed by atoms with E-state index >= 15 is 0 Å². The molecule has 1 unspecified atom stereocenters. The minimum atomic E-state index is -3.82. The molecule has 1 heterocycles. The minimum absolute atomic E-state index is 0.00439. The number of rotatable bonds is 7. The number of nitrogens with one attached hydrogen (secondary N) is 1. The third-order valence-corrected chi connectivity index (χ3v) is 7.52. The number of carbonyl (C=O) groups excluding carboxylic acids is 2. The molecule has 1 aliphatic rings. The van der Waals surface area contributed by atoms with Gasteiger partial charge in [-0.1, -0.05) is 42.5 Å². The third-order valence-electron chi connectivity index (χ3n) is 5.57. The molecule has 0 bridgehead atoms. The summed E-state index contributed by atoms with van der Waals surface area (Å²) in [4.78, 5) is 24.7. The molecule has 0 radical (unpaired) electrons. The second kappa shape index (κ2) is 10.4. The van der Waals surface area contributed by atoms with Gasteiger partial charge in [0.25, 0.3) is 0 Å². The van der Waals surface area contributed by atoms with Crippen LogP contribution in [0.5, 0.6) is 0 Å². The summed E-state index contributed by atoms with van der Waals surface area (Å²) in [6, 6.07) is 16.6. The van der Waals surface area contributed by atoms with Crippen LogP contribution in [0.15, 0.2) is 59.5 Å². The van der Waals surface area contributed by atoms with Crippen molar-refractivity contribution in [2.75, 3.05) is 20.2 Å². The number of amides is 1. The van der Waals surface area contributed by atoms with Crippen LogP contribution in [0.4, 0.5) is 0 Å². The van der Waals surface area contributed by atoms with Crippen molar-refractivity contribution >= 4 is 21.9 Å². The van der Waals surface area contributed by atoms with Gasteiger partial charge >= 0.3 is 5.97 Å². The zero-order chi connectivity index (χ0) is 23.1. The van der Waals surface area contributed by atoms with Gasteiger partial charge in [-0.05, 0) is 30.5 Å².